The van der Waals surface area contributed by atoms with Gasteiger partial charge in [0.1, 0.15) is 11.3 Å². The van der Waals surface area contributed by atoms with E-state index in [1.54, 1.807) is 6.07 Å². The molecule has 0 aliphatic carbocycles. The molecule has 1 aliphatic heterocycles. The first-order valence-electron chi connectivity index (χ1n) is 8.12. The zero-order valence-corrected chi connectivity index (χ0v) is 13.6. The van der Waals surface area contributed by atoms with E-state index in [9.17, 15) is 4.39 Å². The number of rotatable bonds is 3. The number of pyridine rings is 1. The standard InChI is InChI=1S/C18H19FN4O/c1-13-2-5-17-16(10-13)21-18(24-17)23-8-6-22(7-9-23)12-15-4-3-14(19)11-20-15/h2-5,10-11H,6-9,12H2,1H3. The molecule has 0 saturated carbocycles. The third-order valence-corrected chi connectivity index (χ3v) is 4.35. The van der Waals surface area contributed by atoms with E-state index in [0.717, 1.165) is 49.5 Å². The number of aromatic nitrogens is 2. The van der Waals surface area contributed by atoms with E-state index < -0.39 is 0 Å². The summed E-state index contributed by atoms with van der Waals surface area (Å²) >= 11 is 0. The number of fused-ring (bicyclic) bond motifs is 1. The van der Waals surface area contributed by atoms with Crippen molar-refractivity contribution in [1.29, 1.82) is 0 Å². The monoisotopic (exact) mass is 326 g/mol. The molecule has 0 radical (unpaired) electrons. The van der Waals surface area contributed by atoms with Crippen molar-refractivity contribution in [3.63, 3.8) is 0 Å². The quantitative estimate of drug-likeness (QED) is 0.740. The van der Waals surface area contributed by atoms with Crippen molar-refractivity contribution >= 4 is 17.1 Å². The molecule has 0 spiro atoms. The summed E-state index contributed by atoms with van der Waals surface area (Å²) in [6.45, 7) is 6.30. The number of halogens is 1. The summed E-state index contributed by atoms with van der Waals surface area (Å²) in [6, 6.07) is 9.93. The molecule has 0 bridgehead atoms. The Labute approximate surface area is 139 Å². The van der Waals surface area contributed by atoms with Gasteiger partial charge >= 0.3 is 0 Å². The third kappa shape index (κ3) is 3.10. The Morgan fingerprint density at radius 2 is 1.96 bits per heavy atom. The van der Waals surface area contributed by atoms with Crippen LogP contribution in [0.5, 0.6) is 0 Å². The Balaban J connectivity index is 1.40. The van der Waals surface area contributed by atoms with Gasteiger partial charge in [-0.25, -0.2) is 4.39 Å². The first kappa shape index (κ1) is 15.1. The van der Waals surface area contributed by atoms with Gasteiger partial charge in [-0.15, -0.1) is 0 Å². The highest BCUT2D eigenvalue weighted by molar-refractivity contribution is 5.75. The largest absolute Gasteiger partial charge is 0.423 e. The van der Waals surface area contributed by atoms with Gasteiger partial charge in [-0.3, -0.25) is 9.88 Å². The lowest BCUT2D eigenvalue weighted by atomic mass is 10.2. The maximum atomic E-state index is 12.9. The normalized spacial score (nSPS) is 16.0. The molecule has 5 nitrogen and oxygen atoms in total. The van der Waals surface area contributed by atoms with Crippen molar-refractivity contribution in [2.45, 2.75) is 13.5 Å². The molecular weight excluding hydrogens is 307 g/mol. The molecule has 0 amide bonds. The van der Waals surface area contributed by atoms with Crippen LogP contribution in [-0.2, 0) is 6.54 Å². The number of hydrogen-bond donors (Lipinski definition) is 0. The summed E-state index contributed by atoms with van der Waals surface area (Å²) in [5.41, 5.74) is 3.80. The van der Waals surface area contributed by atoms with Crippen molar-refractivity contribution in [2.75, 3.05) is 31.1 Å². The van der Waals surface area contributed by atoms with Crippen LogP contribution in [0.2, 0.25) is 0 Å². The Kier molecular flexibility index (Phi) is 3.90. The maximum Gasteiger partial charge on any atom is 0.298 e. The van der Waals surface area contributed by atoms with Gasteiger partial charge in [-0.05, 0) is 36.8 Å². The molecule has 3 aromatic rings. The minimum Gasteiger partial charge on any atom is -0.423 e. The van der Waals surface area contributed by atoms with Gasteiger partial charge in [0.05, 0.1) is 11.9 Å². The average Bonchev–Trinajstić information content (AvgIpc) is 3.01. The molecule has 24 heavy (non-hydrogen) atoms. The van der Waals surface area contributed by atoms with Crippen molar-refractivity contribution in [3.05, 3.63) is 53.6 Å². The summed E-state index contributed by atoms with van der Waals surface area (Å²) in [5.74, 6) is -0.297. The van der Waals surface area contributed by atoms with Crippen molar-refractivity contribution in [1.82, 2.24) is 14.9 Å². The fourth-order valence-corrected chi connectivity index (χ4v) is 2.99. The number of oxazole rings is 1. The Morgan fingerprint density at radius 1 is 1.12 bits per heavy atom. The number of nitrogens with zero attached hydrogens (tertiary/aromatic N) is 4. The number of hydrogen-bond acceptors (Lipinski definition) is 5. The van der Waals surface area contributed by atoms with Gasteiger partial charge in [-0.1, -0.05) is 6.07 Å². The number of benzene rings is 1. The van der Waals surface area contributed by atoms with Crippen LogP contribution in [0.1, 0.15) is 11.3 Å². The summed E-state index contributed by atoms with van der Waals surface area (Å²) in [5, 5.41) is 0. The van der Waals surface area contributed by atoms with Crippen LogP contribution in [0.25, 0.3) is 11.1 Å². The summed E-state index contributed by atoms with van der Waals surface area (Å²) < 4.78 is 18.8. The summed E-state index contributed by atoms with van der Waals surface area (Å²) in [6.07, 6.45) is 1.27. The highest BCUT2D eigenvalue weighted by Gasteiger charge is 2.21. The van der Waals surface area contributed by atoms with Gasteiger partial charge in [0.25, 0.3) is 6.01 Å². The van der Waals surface area contributed by atoms with Gasteiger partial charge < -0.3 is 9.32 Å². The van der Waals surface area contributed by atoms with Crippen molar-refractivity contribution in [3.8, 4) is 0 Å². The van der Waals surface area contributed by atoms with E-state index in [1.807, 2.05) is 18.2 Å². The molecule has 0 atom stereocenters. The zero-order valence-electron chi connectivity index (χ0n) is 13.6. The molecule has 2 aromatic heterocycles. The lowest BCUT2D eigenvalue weighted by Crippen LogP contribution is -2.46. The fraction of sp³-hybridized carbons (Fsp3) is 0.333. The lowest BCUT2D eigenvalue weighted by molar-refractivity contribution is 0.243. The molecule has 1 aliphatic rings. The smallest absolute Gasteiger partial charge is 0.298 e. The van der Waals surface area contributed by atoms with E-state index in [0.29, 0.717) is 6.01 Å². The topological polar surface area (TPSA) is 45.4 Å². The summed E-state index contributed by atoms with van der Waals surface area (Å²) in [7, 11) is 0. The zero-order chi connectivity index (χ0) is 16.5. The highest BCUT2D eigenvalue weighted by Crippen LogP contribution is 2.23. The molecule has 6 heteroatoms. The predicted molar refractivity (Wildman–Crippen MR) is 90.4 cm³/mol. The third-order valence-electron chi connectivity index (χ3n) is 4.35. The number of aryl methyl sites for hydroxylation is 1. The van der Waals surface area contributed by atoms with E-state index >= 15 is 0 Å². The van der Waals surface area contributed by atoms with Gasteiger partial charge in [-0.2, -0.15) is 4.98 Å². The molecular formula is C18H19FN4O. The van der Waals surface area contributed by atoms with Crippen LogP contribution in [-0.4, -0.2) is 41.0 Å². The highest BCUT2D eigenvalue weighted by atomic mass is 19.1. The lowest BCUT2D eigenvalue weighted by Gasteiger charge is -2.33. The van der Waals surface area contributed by atoms with E-state index in [4.69, 9.17) is 4.42 Å². The molecule has 4 rings (SSSR count). The molecule has 3 heterocycles. The van der Waals surface area contributed by atoms with Gasteiger partial charge in [0.2, 0.25) is 0 Å². The number of anilines is 1. The Morgan fingerprint density at radius 3 is 2.71 bits per heavy atom. The predicted octanol–water partition coefficient (Wildman–Crippen LogP) is 2.99. The van der Waals surface area contributed by atoms with E-state index in [1.165, 1.54) is 17.8 Å². The first-order chi connectivity index (χ1) is 11.7. The minimum atomic E-state index is -0.297. The number of piperazine rings is 1. The van der Waals surface area contributed by atoms with Gasteiger partial charge in [0.15, 0.2) is 5.58 Å². The average molecular weight is 326 g/mol. The SMILES string of the molecule is Cc1ccc2oc(N3CCN(Cc4ccc(F)cn4)CC3)nc2c1. The van der Waals surface area contributed by atoms with Crippen molar-refractivity contribution < 1.29 is 8.81 Å². The second-order valence-corrected chi connectivity index (χ2v) is 6.20. The molecule has 0 unspecified atom stereocenters. The minimum absolute atomic E-state index is 0.297. The second kappa shape index (κ2) is 6.20. The Hall–Kier alpha value is -2.47. The fourth-order valence-electron chi connectivity index (χ4n) is 2.99. The molecule has 0 N–H and O–H groups in total. The Bertz CT molecular complexity index is 838. The van der Waals surface area contributed by atoms with Crippen LogP contribution < -0.4 is 4.90 Å². The van der Waals surface area contributed by atoms with Crippen LogP contribution in [0.15, 0.2) is 40.9 Å². The van der Waals surface area contributed by atoms with Crippen LogP contribution in [0, 0.1) is 12.7 Å². The molecule has 1 aromatic carbocycles. The second-order valence-electron chi connectivity index (χ2n) is 6.20. The van der Waals surface area contributed by atoms with Gasteiger partial charge in [0, 0.05) is 32.7 Å². The molecule has 124 valence electrons. The van der Waals surface area contributed by atoms with E-state index in [-0.39, 0.29) is 5.82 Å². The first-order valence-corrected chi connectivity index (χ1v) is 8.12. The van der Waals surface area contributed by atoms with Crippen LogP contribution in [0.4, 0.5) is 10.4 Å². The van der Waals surface area contributed by atoms with Crippen LogP contribution in [0.3, 0.4) is 0 Å². The molecule has 1 saturated heterocycles. The summed E-state index contributed by atoms with van der Waals surface area (Å²) in [4.78, 5) is 13.2. The molecule has 1 fully saturated rings. The maximum absolute atomic E-state index is 12.9. The van der Waals surface area contributed by atoms with E-state index in [2.05, 4.69) is 26.7 Å². The van der Waals surface area contributed by atoms with Crippen LogP contribution >= 0.6 is 0 Å². The van der Waals surface area contributed by atoms with Crippen molar-refractivity contribution in [2.24, 2.45) is 0 Å².